The molecule has 112 valence electrons. The lowest BCUT2D eigenvalue weighted by Gasteiger charge is -2.28. The fraction of sp³-hybridized carbons (Fsp3) is 0.375. The number of nitrogens with one attached hydrogen (secondary N) is 2. The molecule has 1 heterocycles. The zero-order chi connectivity index (χ0) is 15.5. The van der Waals surface area contributed by atoms with E-state index in [1.54, 1.807) is 20.0 Å². The Balaban J connectivity index is 2.16. The van der Waals surface area contributed by atoms with Crippen molar-refractivity contribution in [2.75, 3.05) is 0 Å². The molecule has 0 atom stereocenters. The summed E-state index contributed by atoms with van der Waals surface area (Å²) in [5, 5.41) is 13.0. The van der Waals surface area contributed by atoms with E-state index in [0.717, 1.165) is 16.5 Å². The molecule has 0 radical (unpaired) electrons. The lowest BCUT2D eigenvalue weighted by molar-refractivity contribution is -0.148. The topological polar surface area (TPSA) is 82.2 Å². The second-order valence-electron chi connectivity index (χ2n) is 5.18. The van der Waals surface area contributed by atoms with Gasteiger partial charge in [0.2, 0.25) is 5.91 Å². The van der Waals surface area contributed by atoms with Crippen molar-refractivity contribution in [1.82, 2.24) is 10.3 Å². The SMILES string of the molecule is CCC(CC)(NC(=O)Cc1c[nH]c2ccccc12)C(=O)O. The molecule has 2 rings (SSSR count). The highest BCUT2D eigenvalue weighted by Gasteiger charge is 2.36. The van der Waals surface area contributed by atoms with E-state index in [1.807, 2.05) is 24.3 Å². The van der Waals surface area contributed by atoms with Gasteiger partial charge in [0, 0.05) is 17.1 Å². The molecule has 0 aliphatic carbocycles. The van der Waals surface area contributed by atoms with E-state index >= 15 is 0 Å². The van der Waals surface area contributed by atoms with Gasteiger partial charge in [-0.25, -0.2) is 4.79 Å². The van der Waals surface area contributed by atoms with Crippen LogP contribution in [0.15, 0.2) is 30.5 Å². The molecular formula is C16H20N2O3. The van der Waals surface area contributed by atoms with Crippen LogP contribution in [0.5, 0.6) is 0 Å². The predicted molar refractivity (Wildman–Crippen MR) is 81.1 cm³/mol. The van der Waals surface area contributed by atoms with E-state index in [-0.39, 0.29) is 12.3 Å². The maximum atomic E-state index is 12.2. The highest BCUT2D eigenvalue weighted by Crippen LogP contribution is 2.20. The molecule has 0 bridgehead atoms. The summed E-state index contributed by atoms with van der Waals surface area (Å²) < 4.78 is 0. The maximum absolute atomic E-state index is 12.2. The van der Waals surface area contributed by atoms with Crippen LogP contribution in [-0.2, 0) is 16.0 Å². The Kier molecular flexibility index (Phi) is 4.31. The van der Waals surface area contributed by atoms with E-state index in [0.29, 0.717) is 12.8 Å². The molecule has 0 saturated heterocycles. The molecule has 0 spiro atoms. The van der Waals surface area contributed by atoms with Crippen molar-refractivity contribution < 1.29 is 14.7 Å². The molecule has 5 heteroatoms. The van der Waals surface area contributed by atoms with Gasteiger partial charge in [0.15, 0.2) is 0 Å². The minimum Gasteiger partial charge on any atom is -0.480 e. The minimum atomic E-state index is -1.18. The second kappa shape index (κ2) is 5.99. The number of hydrogen-bond donors (Lipinski definition) is 3. The number of carboxylic acid groups (broad SMARTS) is 1. The Hall–Kier alpha value is -2.30. The number of carboxylic acids is 1. The number of benzene rings is 1. The van der Waals surface area contributed by atoms with Crippen LogP contribution in [0, 0.1) is 0 Å². The molecule has 0 saturated carbocycles. The van der Waals surface area contributed by atoms with Crippen LogP contribution in [0.3, 0.4) is 0 Å². The Morgan fingerprint density at radius 2 is 1.90 bits per heavy atom. The summed E-state index contributed by atoms with van der Waals surface area (Å²) in [5.74, 6) is -1.26. The first kappa shape index (κ1) is 15.1. The largest absolute Gasteiger partial charge is 0.480 e. The molecular weight excluding hydrogens is 268 g/mol. The zero-order valence-corrected chi connectivity index (χ0v) is 12.3. The van der Waals surface area contributed by atoms with Crippen LogP contribution in [0.2, 0.25) is 0 Å². The number of hydrogen-bond acceptors (Lipinski definition) is 2. The first-order chi connectivity index (χ1) is 10.0. The van der Waals surface area contributed by atoms with Gasteiger partial charge in [-0.1, -0.05) is 32.0 Å². The summed E-state index contributed by atoms with van der Waals surface area (Å²) in [6.07, 6.45) is 2.68. The number of H-pyrrole nitrogens is 1. The van der Waals surface area contributed by atoms with Gasteiger partial charge in [0.1, 0.15) is 5.54 Å². The number of aliphatic carboxylic acids is 1. The number of fused-ring (bicyclic) bond motifs is 1. The number of carbonyl (C=O) groups is 2. The average Bonchev–Trinajstić information content (AvgIpc) is 2.88. The molecule has 0 fully saturated rings. The van der Waals surface area contributed by atoms with Crippen LogP contribution < -0.4 is 5.32 Å². The van der Waals surface area contributed by atoms with Crippen LogP contribution in [0.4, 0.5) is 0 Å². The van der Waals surface area contributed by atoms with Gasteiger partial charge >= 0.3 is 5.97 Å². The first-order valence-corrected chi connectivity index (χ1v) is 7.11. The number of aromatic amines is 1. The van der Waals surface area contributed by atoms with Gasteiger partial charge in [-0.2, -0.15) is 0 Å². The van der Waals surface area contributed by atoms with Crippen LogP contribution in [-0.4, -0.2) is 27.5 Å². The van der Waals surface area contributed by atoms with E-state index in [1.165, 1.54) is 0 Å². The van der Waals surface area contributed by atoms with Crippen LogP contribution in [0.1, 0.15) is 32.3 Å². The molecule has 0 aliphatic rings. The third kappa shape index (κ3) is 2.91. The molecule has 1 aromatic heterocycles. The van der Waals surface area contributed by atoms with Gasteiger partial charge in [-0.15, -0.1) is 0 Å². The standard InChI is InChI=1S/C16H20N2O3/c1-3-16(4-2,15(20)21)18-14(19)9-11-10-17-13-8-6-5-7-12(11)13/h5-8,10,17H,3-4,9H2,1-2H3,(H,18,19)(H,20,21). The van der Waals surface area contributed by atoms with E-state index in [2.05, 4.69) is 10.3 Å². The van der Waals surface area contributed by atoms with Gasteiger partial charge in [-0.05, 0) is 24.5 Å². The Bertz CT molecular complexity index is 656. The average molecular weight is 288 g/mol. The highest BCUT2D eigenvalue weighted by atomic mass is 16.4. The van der Waals surface area contributed by atoms with Gasteiger partial charge in [-0.3, -0.25) is 4.79 Å². The Morgan fingerprint density at radius 1 is 1.24 bits per heavy atom. The van der Waals surface area contributed by atoms with Crippen molar-refractivity contribution in [1.29, 1.82) is 0 Å². The molecule has 1 amide bonds. The molecule has 5 nitrogen and oxygen atoms in total. The van der Waals surface area contributed by atoms with Gasteiger partial charge in [0.05, 0.1) is 6.42 Å². The molecule has 1 aromatic carbocycles. The highest BCUT2D eigenvalue weighted by molar-refractivity contribution is 5.91. The molecule has 0 unspecified atom stereocenters. The first-order valence-electron chi connectivity index (χ1n) is 7.11. The predicted octanol–water partition coefficient (Wildman–Crippen LogP) is 2.47. The lowest BCUT2D eigenvalue weighted by atomic mass is 9.92. The van der Waals surface area contributed by atoms with Crippen molar-refractivity contribution in [3.63, 3.8) is 0 Å². The Labute approximate surface area is 123 Å². The van der Waals surface area contributed by atoms with E-state index in [9.17, 15) is 14.7 Å². The van der Waals surface area contributed by atoms with Gasteiger partial charge in [0.25, 0.3) is 0 Å². The van der Waals surface area contributed by atoms with E-state index in [4.69, 9.17) is 0 Å². The lowest BCUT2D eigenvalue weighted by Crippen LogP contribution is -2.54. The summed E-state index contributed by atoms with van der Waals surface area (Å²) >= 11 is 0. The van der Waals surface area contributed by atoms with Crippen LogP contribution in [0.25, 0.3) is 10.9 Å². The third-order valence-electron chi connectivity index (χ3n) is 4.02. The molecule has 0 aliphatic heterocycles. The number of carbonyl (C=O) groups excluding carboxylic acids is 1. The minimum absolute atomic E-state index is 0.166. The normalized spacial score (nSPS) is 11.5. The monoisotopic (exact) mass is 288 g/mol. The third-order valence-corrected chi connectivity index (χ3v) is 4.02. The Morgan fingerprint density at radius 3 is 2.52 bits per heavy atom. The molecule has 3 N–H and O–H groups in total. The maximum Gasteiger partial charge on any atom is 0.329 e. The number of rotatable bonds is 6. The molecule has 21 heavy (non-hydrogen) atoms. The fourth-order valence-corrected chi connectivity index (χ4v) is 2.54. The van der Waals surface area contributed by atoms with Crippen molar-refractivity contribution in [2.45, 2.75) is 38.6 Å². The summed E-state index contributed by atoms with van der Waals surface area (Å²) in [5.41, 5.74) is 0.661. The van der Waals surface area contributed by atoms with Crippen molar-refractivity contribution in [2.24, 2.45) is 0 Å². The van der Waals surface area contributed by atoms with Crippen LogP contribution >= 0.6 is 0 Å². The zero-order valence-electron chi connectivity index (χ0n) is 12.3. The number of aromatic nitrogens is 1. The smallest absolute Gasteiger partial charge is 0.329 e. The number of para-hydroxylation sites is 1. The molecule has 2 aromatic rings. The second-order valence-corrected chi connectivity index (χ2v) is 5.18. The quantitative estimate of drug-likeness (QED) is 0.763. The summed E-state index contributed by atoms with van der Waals surface area (Å²) in [6.45, 7) is 3.53. The van der Waals surface area contributed by atoms with Gasteiger partial charge < -0.3 is 15.4 Å². The van der Waals surface area contributed by atoms with Crippen molar-refractivity contribution in [3.8, 4) is 0 Å². The number of amides is 1. The summed E-state index contributed by atoms with van der Waals surface area (Å²) in [6, 6.07) is 7.72. The van der Waals surface area contributed by atoms with Crippen molar-refractivity contribution in [3.05, 3.63) is 36.0 Å². The summed E-state index contributed by atoms with van der Waals surface area (Å²) in [4.78, 5) is 26.7. The van der Waals surface area contributed by atoms with Crippen molar-refractivity contribution >= 4 is 22.8 Å². The fourth-order valence-electron chi connectivity index (χ4n) is 2.54. The van der Waals surface area contributed by atoms with E-state index < -0.39 is 11.5 Å². The summed E-state index contributed by atoms with van der Waals surface area (Å²) in [7, 11) is 0.